The van der Waals surface area contributed by atoms with Crippen molar-refractivity contribution in [2.45, 2.75) is 13.5 Å². The quantitative estimate of drug-likeness (QED) is 0.841. The van der Waals surface area contributed by atoms with Crippen LogP contribution in [0.4, 0.5) is 5.69 Å². The number of hydrogen-bond donors (Lipinski definition) is 2. The van der Waals surface area contributed by atoms with E-state index in [0.29, 0.717) is 5.11 Å². The molecule has 4 nitrogen and oxygen atoms in total. The molecule has 0 bridgehead atoms. The molecule has 0 amide bonds. The molecule has 0 aliphatic heterocycles. The molecule has 0 spiro atoms. The van der Waals surface area contributed by atoms with Crippen molar-refractivity contribution in [3.05, 3.63) is 46.7 Å². The minimum Gasteiger partial charge on any atom is -0.361 e. The second-order valence-electron chi connectivity index (χ2n) is 4.17. The van der Waals surface area contributed by atoms with E-state index in [9.17, 15) is 0 Å². The first-order valence-electron chi connectivity index (χ1n) is 5.93. The lowest BCUT2D eigenvalue weighted by molar-refractivity contribution is 0.604. The molecule has 1 aromatic carbocycles. The largest absolute Gasteiger partial charge is 0.361 e. The van der Waals surface area contributed by atoms with Crippen LogP contribution in [0.15, 0.2) is 41.1 Å². The van der Waals surface area contributed by atoms with Gasteiger partial charge in [-0.25, -0.2) is 0 Å². The van der Waals surface area contributed by atoms with Crippen LogP contribution in [0.1, 0.15) is 5.56 Å². The fraction of sp³-hybridized carbons (Fsp3) is 0.231. The third kappa shape index (κ3) is 4.65. The van der Waals surface area contributed by atoms with Crippen LogP contribution in [0.3, 0.4) is 0 Å². The number of thiocarbonyl (C=S) groups is 1. The van der Waals surface area contributed by atoms with Crippen molar-refractivity contribution in [3.63, 3.8) is 0 Å². The number of nitrogens with one attached hydrogen (secondary N) is 2. The Labute approximate surface area is 126 Å². The zero-order chi connectivity index (χ0) is 13.7. The number of rotatable bonds is 4. The Morgan fingerprint density at radius 2 is 2.32 bits per heavy atom. The molecule has 2 rings (SSSR count). The highest BCUT2D eigenvalue weighted by atomic mass is 79.9. The second kappa shape index (κ2) is 6.68. The Balaban J connectivity index is 1.76. The van der Waals surface area contributed by atoms with Gasteiger partial charge in [0.15, 0.2) is 5.11 Å². The van der Waals surface area contributed by atoms with Crippen molar-refractivity contribution in [3.8, 4) is 0 Å². The van der Waals surface area contributed by atoms with Gasteiger partial charge in [-0.3, -0.25) is 4.68 Å². The van der Waals surface area contributed by atoms with Gasteiger partial charge in [0, 0.05) is 18.4 Å². The summed E-state index contributed by atoms with van der Waals surface area (Å²) in [4.78, 5) is 0. The van der Waals surface area contributed by atoms with Crippen molar-refractivity contribution in [2.75, 3.05) is 11.9 Å². The van der Waals surface area contributed by atoms with Gasteiger partial charge in [0.05, 0.1) is 17.2 Å². The topological polar surface area (TPSA) is 41.9 Å². The molecule has 1 aromatic heterocycles. The SMILES string of the molecule is Cc1cccc(NC(=S)NCCn2cc(Br)cn2)c1. The molecule has 0 unspecified atom stereocenters. The van der Waals surface area contributed by atoms with Gasteiger partial charge in [-0.2, -0.15) is 5.10 Å². The van der Waals surface area contributed by atoms with Gasteiger partial charge in [-0.05, 0) is 52.8 Å². The molecule has 0 aliphatic carbocycles. The molecular formula is C13H15BrN4S. The van der Waals surface area contributed by atoms with Crippen molar-refractivity contribution in [1.82, 2.24) is 15.1 Å². The molecule has 0 saturated carbocycles. The van der Waals surface area contributed by atoms with E-state index in [1.165, 1.54) is 5.56 Å². The van der Waals surface area contributed by atoms with Gasteiger partial charge in [-0.15, -0.1) is 0 Å². The van der Waals surface area contributed by atoms with E-state index < -0.39 is 0 Å². The fourth-order valence-corrected chi connectivity index (χ4v) is 2.19. The molecule has 0 fully saturated rings. The van der Waals surface area contributed by atoms with Gasteiger partial charge in [0.1, 0.15) is 0 Å². The number of halogens is 1. The summed E-state index contributed by atoms with van der Waals surface area (Å²) >= 11 is 8.60. The molecule has 6 heteroatoms. The molecule has 0 radical (unpaired) electrons. The summed E-state index contributed by atoms with van der Waals surface area (Å²) < 4.78 is 2.83. The highest BCUT2D eigenvalue weighted by molar-refractivity contribution is 9.10. The summed E-state index contributed by atoms with van der Waals surface area (Å²) in [6.45, 7) is 3.55. The summed E-state index contributed by atoms with van der Waals surface area (Å²) in [5.41, 5.74) is 2.20. The van der Waals surface area contributed by atoms with E-state index in [2.05, 4.69) is 50.7 Å². The average Bonchev–Trinajstić information content (AvgIpc) is 2.75. The third-order valence-corrected chi connectivity index (χ3v) is 3.16. The Morgan fingerprint density at radius 1 is 1.47 bits per heavy atom. The van der Waals surface area contributed by atoms with Gasteiger partial charge < -0.3 is 10.6 Å². The predicted octanol–water partition coefficient (Wildman–Crippen LogP) is 2.94. The molecular weight excluding hydrogens is 324 g/mol. The van der Waals surface area contributed by atoms with Gasteiger partial charge in [0.25, 0.3) is 0 Å². The van der Waals surface area contributed by atoms with E-state index >= 15 is 0 Å². The highest BCUT2D eigenvalue weighted by Crippen LogP contribution is 2.09. The van der Waals surface area contributed by atoms with Crippen LogP contribution in [-0.2, 0) is 6.54 Å². The molecule has 0 saturated heterocycles. The maximum absolute atomic E-state index is 5.24. The molecule has 0 atom stereocenters. The fourth-order valence-electron chi connectivity index (χ4n) is 1.64. The highest BCUT2D eigenvalue weighted by Gasteiger charge is 1.98. The van der Waals surface area contributed by atoms with Gasteiger partial charge in [0.2, 0.25) is 0 Å². The lowest BCUT2D eigenvalue weighted by Gasteiger charge is -2.10. The molecule has 0 aliphatic rings. The van der Waals surface area contributed by atoms with E-state index in [1.807, 2.05) is 23.0 Å². The monoisotopic (exact) mass is 338 g/mol. The normalized spacial score (nSPS) is 10.2. The van der Waals surface area contributed by atoms with Crippen LogP contribution in [-0.4, -0.2) is 21.4 Å². The Hall–Kier alpha value is -1.40. The molecule has 1 heterocycles. The van der Waals surface area contributed by atoms with Gasteiger partial charge in [-0.1, -0.05) is 12.1 Å². The first kappa shape index (κ1) is 14.0. The Bertz CT molecular complexity index is 567. The van der Waals surface area contributed by atoms with Crippen LogP contribution >= 0.6 is 28.1 Å². The lowest BCUT2D eigenvalue weighted by Crippen LogP contribution is -2.31. The number of nitrogens with zero attached hydrogens (tertiary/aromatic N) is 2. The Kier molecular flexibility index (Phi) is 4.93. The summed E-state index contributed by atoms with van der Waals surface area (Å²) in [6, 6.07) is 8.10. The summed E-state index contributed by atoms with van der Waals surface area (Å²) in [7, 11) is 0. The van der Waals surface area contributed by atoms with E-state index in [4.69, 9.17) is 12.2 Å². The summed E-state index contributed by atoms with van der Waals surface area (Å²) in [5, 5.41) is 11.1. The predicted molar refractivity (Wildman–Crippen MR) is 85.3 cm³/mol. The van der Waals surface area contributed by atoms with Crippen LogP contribution in [0.5, 0.6) is 0 Å². The maximum atomic E-state index is 5.24. The van der Waals surface area contributed by atoms with Crippen LogP contribution in [0.25, 0.3) is 0 Å². The number of aryl methyl sites for hydroxylation is 1. The van der Waals surface area contributed by atoms with E-state index in [-0.39, 0.29) is 0 Å². The first-order valence-corrected chi connectivity index (χ1v) is 7.13. The number of benzene rings is 1. The zero-order valence-electron chi connectivity index (χ0n) is 10.6. The summed E-state index contributed by atoms with van der Waals surface area (Å²) in [5.74, 6) is 0. The van der Waals surface area contributed by atoms with Crippen molar-refractivity contribution >= 4 is 38.9 Å². The number of aromatic nitrogens is 2. The lowest BCUT2D eigenvalue weighted by atomic mass is 10.2. The number of anilines is 1. The van der Waals surface area contributed by atoms with Crippen molar-refractivity contribution < 1.29 is 0 Å². The second-order valence-corrected chi connectivity index (χ2v) is 5.50. The zero-order valence-corrected chi connectivity index (χ0v) is 13.0. The minimum atomic E-state index is 0.622. The summed E-state index contributed by atoms with van der Waals surface area (Å²) in [6.07, 6.45) is 3.70. The van der Waals surface area contributed by atoms with E-state index in [0.717, 1.165) is 23.2 Å². The first-order chi connectivity index (χ1) is 9.13. The van der Waals surface area contributed by atoms with Crippen LogP contribution in [0, 0.1) is 6.92 Å². The third-order valence-electron chi connectivity index (χ3n) is 2.50. The maximum Gasteiger partial charge on any atom is 0.170 e. The van der Waals surface area contributed by atoms with Crippen LogP contribution in [0.2, 0.25) is 0 Å². The minimum absolute atomic E-state index is 0.622. The van der Waals surface area contributed by atoms with E-state index in [1.54, 1.807) is 6.20 Å². The van der Waals surface area contributed by atoms with Gasteiger partial charge >= 0.3 is 0 Å². The average molecular weight is 339 g/mol. The van der Waals surface area contributed by atoms with Crippen molar-refractivity contribution in [1.29, 1.82) is 0 Å². The molecule has 100 valence electrons. The molecule has 19 heavy (non-hydrogen) atoms. The molecule has 2 N–H and O–H groups in total. The Morgan fingerprint density at radius 3 is 3.00 bits per heavy atom. The molecule has 2 aromatic rings. The standard InChI is InChI=1S/C13H15BrN4S/c1-10-3-2-4-12(7-10)17-13(19)15-5-6-18-9-11(14)8-16-18/h2-4,7-9H,5-6H2,1H3,(H2,15,17,19). The number of hydrogen-bond acceptors (Lipinski definition) is 2. The smallest absolute Gasteiger partial charge is 0.170 e. The van der Waals surface area contributed by atoms with Crippen molar-refractivity contribution in [2.24, 2.45) is 0 Å². The van der Waals surface area contributed by atoms with Crippen LogP contribution < -0.4 is 10.6 Å².